The van der Waals surface area contributed by atoms with Gasteiger partial charge in [-0.25, -0.2) is 8.42 Å². The number of rotatable bonds is 7. The molecule has 4 nitrogen and oxygen atoms in total. The van der Waals surface area contributed by atoms with Gasteiger partial charge >= 0.3 is 0 Å². The van der Waals surface area contributed by atoms with E-state index in [9.17, 15) is 8.42 Å². The van der Waals surface area contributed by atoms with Crippen LogP contribution in [0.3, 0.4) is 0 Å². The summed E-state index contributed by atoms with van der Waals surface area (Å²) in [7, 11) is -1.88. The van der Waals surface area contributed by atoms with E-state index >= 15 is 0 Å². The second kappa shape index (κ2) is 7.62. The van der Waals surface area contributed by atoms with Gasteiger partial charge in [-0.1, -0.05) is 44.2 Å². The fourth-order valence-corrected chi connectivity index (χ4v) is 3.33. The highest BCUT2D eigenvalue weighted by molar-refractivity contribution is 7.89. The first-order valence-electron chi connectivity index (χ1n) is 7.74. The van der Waals surface area contributed by atoms with Gasteiger partial charge in [0.05, 0.1) is 4.90 Å². The summed E-state index contributed by atoms with van der Waals surface area (Å²) in [6.45, 7) is 5.48. The van der Waals surface area contributed by atoms with Crippen LogP contribution >= 0.6 is 0 Å². The summed E-state index contributed by atoms with van der Waals surface area (Å²) in [5, 5.41) is 3.28. The molecule has 0 bridgehead atoms. The van der Waals surface area contributed by atoms with Crippen molar-refractivity contribution in [1.29, 1.82) is 0 Å². The average Bonchev–Trinajstić information content (AvgIpc) is 2.54. The topological polar surface area (TPSA) is 49.4 Å². The van der Waals surface area contributed by atoms with E-state index < -0.39 is 10.0 Å². The van der Waals surface area contributed by atoms with E-state index in [2.05, 4.69) is 19.2 Å². The molecule has 0 amide bonds. The Morgan fingerprint density at radius 1 is 1.00 bits per heavy atom. The van der Waals surface area contributed by atoms with Gasteiger partial charge in [0.2, 0.25) is 10.0 Å². The molecule has 0 fully saturated rings. The Balaban J connectivity index is 2.09. The molecule has 2 aromatic carbocycles. The number of hydrogen-bond acceptors (Lipinski definition) is 3. The van der Waals surface area contributed by atoms with Crippen LogP contribution < -0.4 is 5.32 Å². The van der Waals surface area contributed by atoms with Crippen molar-refractivity contribution in [3.05, 3.63) is 60.2 Å². The van der Waals surface area contributed by atoms with Crippen molar-refractivity contribution in [3.63, 3.8) is 0 Å². The standard InChI is InChI=1S/C18H24N2O2S/c1-15(2)13-19-17-9-11-18(12-10-17)23(21,22)20(3)14-16-7-5-4-6-8-16/h4-12,15,19H,13-14H2,1-3H3. The maximum absolute atomic E-state index is 12.6. The Hall–Kier alpha value is -1.85. The van der Waals surface area contributed by atoms with E-state index in [4.69, 9.17) is 0 Å². The molecule has 124 valence electrons. The molecule has 2 rings (SSSR count). The van der Waals surface area contributed by atoms with Crippen molar-refractivity contribution < 1.29 is 8.42 Å². The van der Waals surface area contributed by atoms with E-state index in [1.54, 1.807) is 19.2 Å². The quantitative estimate of drug-likeness (QED) is 0.843. The maximum atomic E-state index is 12.6. The van der Waals surface area contributed by atoms with Gasteiger partial charge in [-0.05, 0) is 35.7 Å². The molecule has 2 aromatic rings. The average molecular weight is 332 g/mol. The van der Waals surface area contributed by atoms with Crippen molar-refractivity contribution in [2.75, 3.05) is 18.9 Å². The Morgan fingerprint density at radius 2 is 1.61 bits per heavy atom. The zero-order valence-corrected chi connectivity index (χ0v) is 14.7. The fraction of sp³-hybridized carbons (Fsp3) is 0.333. The minimum atomic E-state index is -3.48. The molecular weight excluding hydrogens is 308 g/mol. The highest BCUT2D eigenvalue weighted by atomic mass is 32.2. The monoisotopic (exact) mass is 332 g/mol. The lowest BCUT2D eigenvalue weighted by Crippen LogP contribution is -2.26. The highest BCUT2D eigenvalue weighted by Crippen LogP contribution is 2.19. The smallest absolute Gasteiger partial charge is 0.243 e. The lowest BCUT2D eigenvalue weighted by molar-refractivity contribution is 0.467. The Kier molecular flexibility index (Phi) is 5.80. The third kappa shape index (κ3) is 4.81. The first kappa shape index (κ1) is 17.5. The third-order valence-electron chi connectivity index (χ3n) is 3.52. The van der Waals surface area contributed by atoms with Crippen molar-refractivity contribution >= 4 is 15.7 Å². The van der Waals surface area contributed by atoms with Gasteiger partial charge in [-0.2, -0.15) is 4.31 Å². The number of nitrogens with one attached hydrogen (secondary N) is 1. The molecule has 0 heterocycles. The molecule has 5 heteroatoms. The van der Waals surface area contributed by atoms with E-state index in [1.807, 2.05) is 42.5 Å². The molecule has 0 saturated heterocycles. The van der Waals surface area contributed by atoms with Gasteiger partial charge in [-0.3, -0.25) is 0 Å². The number of hydrogen-bond donors (Lipinski definition) is 1. The summed E-state index contributed by atoms with van der Waals surface area (Å²) in [5.41, 5.74) is 1.90. The molecule has 0 aliphatic carbocycles. The van der Waals surface area contributed by atoms with Crippen LogP contribution in [0, 0.1) is 5.92 Å². The lowest BCUT2D eigenvalue weighted by atomic mass is 10.2. The van der Waals surface area contributed by atoms with Crippen LogP contribution in [-0.2, 0) is 16.6 Å². The van der Waals surface area contributed by atoms with Crippen LogP contribution in [-0.4, -0.2) is 26.3 Å². The van der Waals surface area contributed by atoms with Gasteiger partial charge < -0.3 is 5.32 Å². The summed E-state index contributed by atoms with van der Waals surface area (Å²) >= 11 is 0. The van der Waals surface area contributed by atoms with Gasteiger partial charge in [0.1, 0.15) is 0 Å². The first-order valence-corrected chi connectivity index (χ1v) is 9.18. The predicted molar refractivity (Wildman–Crippen MR) is 94.9 cm³/mol. The van der Waals surface area contributed by atoms with Crippen LogP contribution in [0.2, 0.25) is 0 Å². The molecule has 0 radical (unpaired) electrons. The molecule has 0 atom stereocenters. The Morgan fingerprint density at radius 3 is 2.17 bits per heavy atom. The summed E-state index contributed by atoms with van der Waals surface area (Å²) in [6.07, 6.45) is 0. The number of sulfonamides is 1. The van der Waals surface area contributed by atoms with Crippen molar-refractivity contribution in [1.82, 2.24) is 4.31 Å². The Labute approximate surface area is 139 Å². The molecule has 0 unspecified atom stereocenters. The van der Waals surface area contributed by atoms with E-state index in [-0.39, 0.29) is 0 Å². The summed E-state index contributed by atoms with van der Waals surface area (Å²) < 4.78 is 26.6. The summed E-state index contributed by atoms with van der Waals surface area (Å²) in [5.74, 6) is 0.537. The Bertz CT molecular complexity index is 710. The zero-order valence-electron chi connectivity index (χ0n) is 13.9. The summed E-state index contributed by atoms with van der Waals surface area (Å²) in [6, 6.07) is 16.5. The molecule has 1 N–H and O–H groups in total. The molecular formula is C18H24N2O2S. The molecule has 0 aliphatic rings. The SMILES string of the molecule is CC(C)CNc1ccc(S(=O)(=O)N(C)Cc2ccccc2)cc1. The molecule has 0 saturated carbocycles. The number of benzene rings is 2. The van der Waals surface area contributed by atoms with Crippen LogP contribution in [0.25, 0.3) is 0 Å². The molecule has 23 heavy (non-hydrogen) atoms. The van der Waals surface area contributed by atoms with Gasteiger partial charge in [0.15, 0.2) is 0 Å². The first-order chi connectivity index (χ1) is 10.9. The number of anilines is 1. The van der Waals surface area contributed by atoms with Gasteiger partial charge in [0, 0.05) is 25.8 Å². The van der Waals surface area contributed by atoms with Crippen LogP contribution in [0.4, 0.5) is 5.69 Å². The van der Waals surface area contributed by atoms with Crippen LogP contribution in [0.1, 0.15) is 19.4 Å². The second-order valence-electron chi connectivity index (χ2n) is 6.05. The van der Waals surface area contributed by atoms with Crippen molar-refractivity contribution in [3.8, 4) is 0 Å². The van der Waals surface area contributed by atoms with Crippen molar-refractivity contribution in [2.45, 2.75) is 25.3 Å². The second-order valence-corrected chi connectivity index (χ2v) is 8.09. The molecule has 0 spiro atoms. The minimum Gasteiger partial charge on any atom is -0.385 e. The fourth-order valence-electron chi connectivity index (χ4n) is 2.17. The summed E-state index contributed by atoms with van der Waals surface area (Å²) in [4.78, 5) is 0.311. The van der Waals surface area contributed by atoms with E-state index in [1.165, 1.54) is 4.31 Å². The van der Waals surface area contributed by atoms with Crippen LogP contribution in [0.15, 0.2) is 59.5 Å². The third-order valence-corrected chi connectivity index (χ3v) is 5.34. The maximum Gasteiger partial charge on any atom is 0.243 e. The van der Waals surface area contributed by atoms with Crippen LogP contribution in [0.5, 0.6) is 0 Å². The van der Waals surface area contributed by atoms with E-state index in [0.29, 0.717) is 17.4 Å². The van der Waals surface area contributed by atoms with Crippen molar-refractivity contribution in [2.24, 2.45) is 5.92 Å². The number of nitrogens with zero attached hydrogens (tertiary/aromatic N) is 1. The minimum absolute atomic E-state index is 0.311. The van der Waals surface area contributed by atoms with Gasteiger partial charge in [-0.15, -0.1) is 0 Å². The van der Waals surface area contributed by atoms with E-state index in [0.717, 1.165) is 17.8 Å². The molecule has 0 aromatic heterocycles. The predicted octanol–water partition coefficient (Wildman–Crippen LogP) is 3.58. The highest BCUT2D eigenvalue weighted by Gasteiger charge is 2.20. The molecule has 0 aliphatic heterocycles. The normalized spacial score (nSPS) is 11.9. The van der Waals surface area contributed by atoms with Gasteiger partial charge in [0.25, 0.3) is 0 Å². The lowest BCUT2D eigenvalue weighted by Gasteiger charge is -2.18. The zero-order chi connectivity index (χ0) is 16.9. The largest absolute Gasteiger partial charge is 0.385 e.